The summed E-state index contributed by atoms with van der Waals surface area (Å²) < 4.78 is 35.2. The molecule has 2 aliphatic rings. The van der Waals surface area contributed by atoms with Crippen LogP contribution in [0.3, 0.4) is 0 Å². The summed E-state index contributed by atoms with van der Waals surface area (Å²) in [5.41, 5.74) is 1.01. The van der Waals surface area contributed by atoms with Gasteiger partial charge in [-0.15, -0.1) is 4.40 Å². The molecule has 1 unspecified atom stereocenters. The highest BCUT2D eigenvalue weighted by molar-refractivity contribution is 7.90. The van der Waals surface area contributed by atoms with Crippen molar-refractivity contribution in [2.45, 2.75) is 37.0 Å². The summed E-state index contributed by atoms with van der Waals surface area (Å²) >= 11 is 0. The van der Waals surface area contributed by atoms with Crippen LogP contribution in [-0.4, -0.2) is 58.2 Å². The van der Waals surface area contributed by atoms with Crippen molar-refractivity contribution in [3.63, 3.8) is 0 Å². The fraction of sp³-hybridized carbons (Fsp3) is 0.400. The van der Waals surface area contributed by atoms with Gasteiger partial charge in [0.05, 0.1) is 17.9 Å². The van der Waals surface area contributed by atoms with Gasteiger partial charge in [-0.2, -0.15) is 8.42 Å². The highest BCUT2D eigenvalue weighted by atomic mass is 32.2. The van der Waals surface area contributed by atoms with Gasteiger partial charge in [-0.3, -0.25) is 9.59 Å². The lowest BCUT2D eigenvalue weighted by Crippen LogP contribution is -2.28. The molecule has 35 heavy (non-hydrogen) atoms. The van der Waals surface area contributed by atoms with E-state index in [2.05, 4.69) is 9.71 Å². The van der Waals surface area contributed by atoms with E-state index < -0.39 is 15.9 Å². The van der Waals surface area contributed by atoms with Gasteiger partial charge in [0.1, 0.15) is 11.6 Å². The molecule has 2 fully saturated rings. The lowest BCUT2D eigenvalue weighted by atomic mass is 10.1. The number of benzene rings is 2. The molecule has 0 aromatic heterocycles. The summed E-state index contributed by atoms with van der Waals surface area (Å²) in [7, 11) is -0.519. The van der Waals surface area contributed by atoms with Crippen LogP contribution in [0.4, 0.5) is 11.4 Å². The molecule has 0 radical (unpaired) electrons. The maximum Gasteiger partial charge on any atom is 0.284 e. The first-order valence-corrected chi connectivity index (χ1v) is 13.1. The standard InChI is InChI=1S/C25H30N4O5S/c1-28-13-5-3-4-12-23(28)27-35(32,33)22-11-6-8-19(15-22)26-25(31)18-14-24(30)29(17-18)20-9-7-10-21(16-20)34-2/h6-11,15-16,18H,3-5,12-14,17H2,1-2H3,(H,26,31). The average Bonchev–Trinajstić information content (AvgIpc) is 3.13. The summed E-state index contributed by atoms with van der Waals surface area (Å²) in [5.74, 6) is 0.124. The molecule has 2 heterocycles. The van der Waals surface area contributed by atoms with Gasteiger partial charge in [-0.25, -0.2) is 0 Å². The molecule has 2 saturated heterocycles. The van der Waals surface area contributed by atoms with Crippen LogP contribution in [0.15, 0.2) is 57.8 Å². The quantitative estimate of drug-likeness (QED) is 0.655. The van der Waals surface area contributed by atoms with Gasteiger partial charge in [0, 0.05) is 50.4 Å². The minimum Gasteiger partial charge on any atom is -0.497 e. The molecule has 1 N–H and O–H groups in total. The number of nitrogens with one attached hydrogen (secondary N) is 1. The number of nitrogens with zero attached hydrogens (tertiary/aromatic N) is 3. The van der Waals surface area contributed by atoms with Crippen LogP contribution < -0.4 is 15.0 Å². The molecule has 1 atom stereocenters. The molecule has 0 bridgehead atoms. The first-order valence-electron chi connectivity index (χ1n) is 11.7. The summed E-state index contributed by atoms with van der Waals surface area (Å²) in [6.45, 7) is 1.01. The molecule has 10 heteroatoms. The number of anilines is 2. The lowest BCUT2D eigenvalue weighted by molar-refractivity contribution is -0.122. The molecule has 2 amide bonds. The van der Waals surface area contributed by atoms with E-state index in [-0.39, 0.29) is 29.7 Å². The topological polar surface area (TPSA) is 108 Å². The van der Waals surface area contributed by atoms with Crippen molar-refractivity contribution in [2.75, 3.05) is 37.5 Å². The number of hydrogen-bond acceptors (Lipinski definition) is 5. The Morgan fingerprint density at radius 1 is 1.11 bits per heavy atom. The van der Waals surface area contributed by atoms with Crippen LogP contribution in [0.1, 0.15) is 32.1 Å². The third-order valence-corrected chi connectivity index (χ3v) is 7.62. The third kappa shape index (κ3) is 5.82. The van der Waals surface area contributed by atoms with E-state index in [1.54, 1.807) is 48.4 Å². The summed E-state index contributed by atoms with van der Waals surface area (Å²) in [4.78, 5) is 29.0. The van der Waals surface area contributed by atoms with E-state index in [9.17, 15) is 18.0 Å². The molecular weight excluding hydrogens is 468 g/mol. The van der Waals surface area contributed by atoms with E-state index in [1.807, 2.05) is 11.9 Å². The number of hydrogen-bond donors (Lipinski definition) is 1. The number of rotatable bonds is 6. The van der Waals surface area contributed by atoms with Crippen molar-refractivity contribution in [1.29, 1.82) is 0 Å². The number of carbonyl (C=O) groups is 2. The fourth-order valence-electron chi connectivity index (χ4n) is 4.33. The highest BCUT2D eigenvalue weighted by Gasteiger charge is 2.35. The minimum atomic E-state index is -3.93. The largest absolute Gasteiger partial charge is 0.497 e. The summed E-state index contributed by atoms with van der Waals surface area (Å²) in [5, 5.41) is 2.77. The Balaban J connectivity index is 1.46. The van der Waals surface area contributed by atoms with E-state index in [0.717, 1.165) is 25.8 Å². The molecule has 0 saturated carbocycles. The van der Waals surface area contributed by atoms with E-state index in [0.29, 0.717) is 29.4 Å². The van der Waals surface area contributed by atoms with Gasteiger partial charge < -0.3 is 19.9 Å². The summed E-state index contributed by atoms with van der Waals surface area (Å²) in [6, 6.07) is 13.2. The summed E-state index contributed by atoms with van der Waals surface area (Å²) in [6.07, 6.45) is 3.65. The van der Waals surface area contributed by atoms with Crippen LogP contribution in [0, 0.1) is 5.92 Å². The van der Waals surface area contributed by atoms with E-state index in [1.165, 1.54) is 12.1 Å². The zero-order chi connectivity index (χ0) is 25.0. The van der Waals surface area contributed by atoms with E-state index in [4.69, 9.17) is 4.74 Å². The molecule has 2 aromatic carbocycles. The van der Waals surface area contributed by atoms with Crippen molar-refractivity contribution in [2.24, 2.45) is 10.3 Å². The van der Waals surface area contributed by atoms with Crippen LogP contribution in [0.25, 0.3) is 0 Å². The van der Waals surface area contributed by atoms with Crippen LogP contribution in [0.5, 0.6) is 5.75 Å². The molecule has 4 rings (SSSR count). The van der Waals surface area contributed by atoms with Gasteiger partial charge in [0.15, 0.2) is 0 Å². The van der Waals surface area contributed by atoms with Crippen LogP contribution >= 0.6 is 0 Å². The molecule has 186 valence electrons. The molecular formula is C25H30N4O5S. The van der Waals surface area contributed by atoms with Crippen molar-refractivity contribution in [3.05, 3.63) is 48.5 Å². The van der Waals surface area contributed by atoms with Crippen molar-refractivity contribution >= 4 is 39.0 Å². The second-order valence-corrected chi connectivity index (χ2v) is 10.4. The molecule has 2 aromatic rings. The molecule has 0 spiro atoms. The lowest BCUT2D eigenvalue weighted by Gasteiger charge is -2.18. The highest BCUT2D eigenvalue weighted by Crippen LogP contribution is 2.29. The first kappa shape index (κ1) is 24.7. The Bertz CT molecular complexity index is 1240. The second kappa shape index (κ2) is 10.5. The number of methoxy groups -OCH3 is 1. The minimum absolute atomic E-state index is 0.0148. The molecule has 2 aliphatic heterocycles. The van der Waals surface area contributed by atoms with Crippen LogP contribution in [0.2, 0.25) is 0 Å². The Morgan fingerprint density at radius 3 is 2.71 bits per heavy atom. The number of sulfonamides is 1. The molecule has 0 aliphatic carbocycles. The Kier molecular flexibility index (Phi) is 7.39. The Morgan fingerprint density at radius 2 is 1.91 bits per heavy atom. The molecule has 9 nitrogen and oxygen atoms in total. The predicted molar refractivity (Wildman–Crippen MR) is 134 cm³/mol. The monoisotopic (exact) mass is 498 g/mol. The van der Waals surface area contributed by atoms with Crippen molar-refractivity contribution in [1.82, 2.24) is 4.90 Å². The SMILES string of the molecule is COc1cccc(N2CC(C(=O)Nc3cccc(S(=O)(=O)N=C4CCCCCN4C)c3)CC2=O)c1. The van der Waals surface area contributed by atoms with Gasteiger partial charge in [0.2, 0.25) is 11.8 Å². The predicted octanol–water partition coefficient (Wildman–Crippen LogP) is 3.28. The Labute approximate surface area is 205 Å². The zero-order valence-electron chi connectivity index (χ0n) is 19.9. The maximum atomic E-state index is 13.0. The van der Waals surface area contributed by atoms with Crippen LogP contribution in [-0.2, 0) is 19.6 Å². The number of amidine groups is 1. The van der Waals surface area contributed by atoms with Crippen molar-refractivity contribution < 1.29 is 22.7 Å². The van der Waals surface area contributed by atoms with Crippen molar-refractivity contribution in [3.8, 4) is 5.75 Å². The average molecular weight is 499 g/mol. The van der Waals surface area contributed by atoms with Gasteiger partial charge >= 0.3 is 0 Å². The van der Waals surface area contributed by atoms with Gasteiger partial charge in [-0.1, -0.05) is 18.6 Å². The third-order valence-electron chi connectivity index (χ3n) is 6.32. The number of ether oxygens (including phenoxy) is 1. The number of likely N-dealkylation sites (tertiary alicyclic amines) is 1. The first-order chi connectivity index (χ1) is 16.8. The normalized spacial score (nSPS) is 20.1. The van der Waals surface area contributed by atoms with Gasteiger partial charge in [-0.05, 0) is 43.2 Å². The number of carbonyl (C=O) groups excluding carboxylic acids is 2. The smallest absolute Gasteiger partial charge is 0.284 e. The van der Waals surface area contributed by atoms with Gasteiger partial charge in [0.25, 0.3) is 10.0 Å². The van der Waals surface area contributed by atoms with E-state index >= 15 is 0 Å². The Hall–Kier alpha value is -3.40. The fourth-order valence-corrected chi connectivity index (χ4v) is 5.47. The second-order valence-electron chi connectivity index (χ2n) is 8.84. The zero-order valence-corrected chi connectivity index (χ0v) is 20.8. The maximum absolute atomic E-state index is 13.0. The number of amides is 2.